The van der Waals surface area contributed by atoms with E-state index < -0.39 is 0 Å². The number of nitrogens with zero attached hydrogens (tertiary/aromatic N) is 2. The first-order chi connectivity index (χ1) is 6.67. The topological polar surface area (TPSA) is 46.9 Å². The Morgan fingerprint density at radius 3 is 2.50 bits per heavy atom. The van der Waals surface area contributed by atoms with Gasteiger partial charge in [-0.2, -0.15) is 0 Å². The van der Waals surface area contributed by atoms with E-state index in [0.717, 1.165) is 13.1 Å². The second-order valence-corrected chi connectivity index (χ2v) is 4.38. The molecule has 1 aliphatic heterocycles. The van der Waals surface area contributed by atoms with Crippen LogP contribution in [0.1, 0.15) is 6.42 Å². The molecule has 1 atom stereocenters. The van der Waals surface area contributed by atoms with E-state index >= 15 is 0 Å². The molecule has 1 aliphatic rings. The highest BCUT2D eigenvalue weighted by Crippen LogP contribution is 2.15. The molecule has 1 saturated heterocycles. The lowest BCUT2D eigenvalue weighted by Crippen LogP contribution is -2.40. The summed E-state index contributed by atoms with van der Waals surface area (Å²) in [7, 11) is 4.10. The highest BCUT2D eigenvalue weighted by molar-refractivity contribution is 4.77. The molecule has 0 aromatic carbocycles. The monoisotopic (exact) mass is 202 g/mol. The normalized spacial score (nSPS) is 24.0. The van der Waals surface area contributed by atoms with Gasteiger partial charge in [-0.05, 0) is 33.0 Å². The second kappa shape index (κ2) is 5.66. The zero-order valence-electron chi connectivity index (χ0n) is 9.19. The van der Waals surface area contributed by atoms with Crippen molar-refractivity contribution in [1.29, 1.82) is 0 Å². The van der Waals surface area contributed by atoms with Gasteiger partial charge in [-0.3, -0.25) is 4.90 Å². The fourth-order valence-corrected chi connectivity index (χ4v) is 2.07. The van der Waals surface area contributed by atoms with Crippen LogP contribution in [0.2, 0.25) is 0 Å². The second-order valence-electron chi connectivity index (χ2n) is 4.38. The molecule has 0 aromatic rings. The van der Waals surface area contributed by atoms with Crippen molar-refractivity contribution in [2.24, 2.45) is 5.92 Å². The van der Waals surface area contributed by atoms with Gasteiger partial charge in [0.1, 0.15) is 0 Å². The average Bonchev–Trinajstić information content (AvgIpc) is 2.53. The Morgan fingerprint density at radius 2 is 2.07 bits per heavy atom. The van der Waals surface area contributed by atoms with E-state index in [2.05, 4.69) is 16.8 Å². The van der Waals surface area contributed by atoms with Gasteiger partial charge < -0.3 is 15.1 Å². The van der Waals surface area contributed by atoms with E-state index in [-0.39, 0.29) is 19.3 Å². The molecule has 0 amide bonds. The van der Waals surface area contributed by atoms with E-state index in [1.807, 2.05) is 7.05 Å². The largest absolute Gasteiger partial charge is 0.395 e. The predicted octanol–water partition coefficient (Wildman–Crippen LogP) is -0.777. The fraction of sp³-hybridized carbons (Fsp3) is 1.00. The van der Waals surface area contributed by atoms with Gasteiger partial charge in [-0.15, -0.1) is 0 Å². The first kappa shape index (κ1) is 11.9. The number of hydrogen-bond donors (Lipinski definition) is 2. The molecular formula is C10H22N2O2. The lowest BCUT2D eigenvalue weighted by Gasteiger charge is -2.27. The molecule has 1 unspecified atom stereocenters. The van der Waals surface area contributed by atoms with E-state index in [4.69, 9.17) is 10.2 Å². The van der Waals surface area contributed by atoms with Crippen LogP contribution in [0.4, 0.5) is 0 Å². The Hall–Kier alpha value is -0.160. The molecule has 4 nitrogen and oxygen atoms in total. The zero-order valence-corrected chi connectivity index (χ0v) is 9.19. The summed E-state index contributed by atoms with van der Waals surface area (Å²) >= 11 is 0. The summed E-state index contributed by atoms with van der Waals surface area (Å²) in [6, 6.07) is -0.0964. The van der Waals surface area contributed by atoms with Crippen molar-refractivity contribution >= 4 is 0 Å². The zero-order chi connectivity index (χ0) is 10.6. The molecule has 84 valence electrons. The Morgan fingerprint density at radius 1 is 1.43 bits per heavy atom. The molecule has 1 rings (SSSR count). The van der Waals surface area contributed by atoms with Gasteiger partial charge in [-0.1, -0.05) is 0 Å². The van der Waals surface area contributed by atoms with Gasteiger partial charge in [0.25, 0.3) is 0 Å². The van der Waals surface area contributed by atoms with Crippen molar-refractivity contribution in [1.82, 2.24) is 9.80 Å². The summed E-state index contributed by atoms with van der Waals surface area (Å²) in [5.74, 6) is 0.686. The summed E-state index contributed by atoms with van der Waals surface area (Å²) in [6.45, 7) is 3.34. The average molecular weight is 202 g/mol. The quantitative estimate of drug-likeness (QED) is 0.614. The third-order valence-corrected chi connectivity index (χ3v) is 3.08. The van der Waals surface area contributed by atoms with Crippen LogP contribution in [0.25, 0.3) is 0 Å². The minimum atomic E-state index is -0.0964. The minimum absolute atomic E-state index is 0.0373. The van der Waals surface area contributed by atoms with Crippen molar-refractivity contribution in [3.63, 3.8) is 0 Å². The van der Waals surface area contributed by atoms with Gasteiger partial charge in [0, 0.05) is 13.1 Å². The van der Waals surface area contributed by atoms with E-state index in [1.165, 1.54) is 13.0 Å². The standard InChI is InChI=1S/C10H22N2O2/c1-11-4-3-9(5-11)6-12(2)10(7-13)8-14/h9-10,13-14H,3-8H2,1-2H3. The maximum absolute atomic E-state index is 9.01. The Balaban J connectivity index is 2.28. The molecule has 0 aromatic heterocycles. The van der Waals surface area contributed by atoms with Crippen molar-refractivity contribution in [2.45, 2.75) is 12.5 Å². The first-order valence-electron chi connectivity index (χ1n) is 5.28. The molecule has 0 radical (unpaired) electrons. The van der Waals surface area contributed by atoms with Crippen molar-refractivity contribution < 1.29 is 10.2 Å². The van der Waals surface area contributed by atoms with Crippen molar-refractivity contribution in [3.8, 4) is 0 Å². The van der Waals surface area contributed by atoms with Crippen LogP contribution in [-0.4, -0.2) is 73.0 Å². The lowest BCUT2D eigenvalue weighted by atomic mass is 10.1. The molecule has 14 heavy (non-hydrogen) atoms. The molecule has 0 bridgehead atoms. The highest BCUT2D eigenvalue weighted by Gasteiger charge is 2.23. The fourth-order valence-electron chi connectivity index (χ4n) is 2.07. The molecule has 0 spiro atoms. The highest BCUT2D eigenvalue weighted by atomic mass is 16.3. The van der Waals surface area contributed by atoms with Crippen LogP contribution in [-0.2, 0) is 0 Å². The summed E-state index contributed by atoms with van der Waals surface area (Å²) in [5.41, 5.74) is 0. The Kier molecular flexibility index (Phi) is 4.81. The smallest absolute Gasteiger partial charge is 0.0609 e. The molecule has 2 N–H and O–H groups in total. The lowest BCUT2D eigenvalue weighted by molar-refractivity contribution is 0.0821. The summed E-state index contributed by atoms with van der Waals surface area (Å²) in [5, 5.41) is 18.0. The number of aliphatic hydroxyl groups is 2. The van der Waals surface area contributed by atoms with Crippen LogP contribution in [0, 0.1) is 5.92 Å². The van der Waals surface area contributed by atoms with Crippen LogP contribution in [0.3, 0.4) is 0 Å². The third kappa shape index (κ3) is 3.20. The maximum Gasteiger partial charge on any atom is 0.0609 e. The summed E-state index contributed by atoms with van der Waals surface area (Å²) < 4.78 is 0. The molecule has 0 aliphatic carbocycles. The third-order valence-electron chi connectivity index (χ3n) is 3.08. The van der Waals surface area contributed by atoms with Crippen LogP contribution >= 0.6 is 0 Å². The molecule has 1 fully saturated rings. The van der Waals surface area contributed by atoms with Crippen LogP contribution in [0.15, 0.2) is 0 Å². The Labute approximate surface area is 86.1 Å². The summed E-state index contributed by atoms with van der Waals surface area (Å²) in [6.07, 6.45) is 1.23. The van der Waals surface area contributed by atoms with Gasteiger partial charge in [0.15, 0.2) is 0 Å². The van der Waals surface area contributed by atoms with Gasteiger partial charge in [0.2, 0.25) is 0 Å². The van der Waals surface area contributed by atoms with E-state index in [0.29, 0.717) is 5.92 Å². The minimum Gasteiger partial charge on any atom is -0.395 e. The maximum atomic E-state index is 9.01. The van der Waals surface area contributed by atoms with Crippen molar-refractivity contribution in [2.75, 3.05) is 46.9 Å². The number of hydrogen-bond acceptors (Lipinski definition) is 4. The molecule has 1 heterocycles. The van der Waals surface area contributed by atoms with Crippen molar-refractivity contribution in [3.05, 3.63) is 0 Å². The Bertz CT molecular complexity index is 162. The van der Waals surface area contributed by atoms with Gasteiger partial charge in [0.05, 0.1) is 19.3 Å². The molecule has 0 saturated carbocycles. The predicted molar refractivity (Wildman–Crippen MR) is 56.2 cm³/mol. The number of likely N-dealkylation sites (tertiary alicyclic amines) is 1. The number of rotatable bonds is 5. The number of aliphatic hydroxyl groups excluding tert-OH is 2. The first-order valence-corrected chi connectivity index (χ1v) is 5.28. The summed E-state index contributed by atoms with van der Waals surface area (Å²) in [4.78, 5) is 4.38. The van der Waals surface area contributed by atoms with Gasteiger partial charge in [-0.25, -0.2) is 0 Å². The number of likely N-dealkylation sites (N-methyl/N-ethyl adjacent to an activating group) is 1. The molecule has 4 heteroatoms. The molecular weight excluding hydrogens is 180 g/mol. The van der Waals surface area contributed by atoms with E-state index in [9.17, 15) is 0 Å². The van der Waals surface area contributed by atoms with Gasteiger partial charge >= 0.3 is 0 Å². The SMILES string of the molecule is CN1CCC(CN(C)C(CO)CO)C1. The van der Waals surface area contributed by atoms with E-state index in [1.54, 1.807) is 0 Å². The van der Waals surface area contributed by atoms with Crippen LogP contribution in [0.5, 0.6) is 0 Å². The van der Waals surface area contributed by atoms with Crippen LogP contribution < -0.4 is 0 Å².